The number of anilines is 1. The molecule has 3 rings (SSSR count). The molecule has 1 heterocycles. The van der Waals surface area contributed by atoms with Crippen LogP contribution in [0.1, 0.15) is 16.2 Å². The molecule has 0 fully saturated rings. The lowest BCUT2D eigenvalue weighted by molar-refractivity contribution is -0.119. The topological polar surface area (TPSA) is 90.7 Å². The van der Waals surface area contributed by atoms with Crippen LogP contribution < -0.4 is 10.1 Å². The standard InChI is InChI=1S/C20H18N2O5/c1-13-18(22-19(27-13)14-7-4-3-5-8-14)20(24)26-12-17(23)21-15-9-6-10-16(11-15)25-2/h3-11H,12H2,1-2H3,(H,21,23). The zero-order valence-corrected chi connectivity index (χ0v) is 14.9. The molecule has 0 radical (unpaired) electrons. The number of amides is 1. The number of rotatable bonds is 6. The quantitative estimate of drug-likeness (QED) is 0.672. The van der Waals surface area contributed by atoms with Gasteiger partial charge in [-0.05, 0) is 31.2 Å². The van der Waals surface area contributed by atoms with Crippen LogP contribution in [0.4, 0.5) is 5.69 Å². The van der Waals surface area contributed by atoms with Gasteiger partial charge in [0, 0.05) is 17.3 Å². The highest BCUT2D eigenvalue weighted by Crippen LogP contribution is 2.22. The molecule has 1 amide bonds. The number of esters is 1. The van der Waals surface area contributed by atoms with E-state index in [0.29, 0.717) is 23.1 Å². The molecular weight excluding hydrogens is 348 g/mol. The van der Waals surface area contributed by atoms with Gasteiger partial charge in [0.1, 0.15) is 11.5 Å². The van der Waals surface area contributed by atoms with Crippen LogP contribution in [0.25, 0.3) is 11.5 Å². The SMILES string of the molecule is COc1cccc(NC(=O)COC(=O)c2nc(-c3ccccc3)oc2C)c1. The van der Waals surface area contributed by atoms with E-state index in [0.717, 1.165) is 5.56 Å². The van der Waals surface area contributed by atoms with Crippen molar-refractivity contribution in [1.29, 1.82) is 0 Å². The number of ether oxygens (including phenoxy) is 2. The van der Waals surface area contributed by atoms with Crippen molar-refractivity contribution in [3.63, 3.8) is 0 Å². The van der Waals surface area contributed by atoms with Gasteiger partial charge in [-0.25, -0.2) is 9.78 Å². The van der Waals surface area contributed by atoms with Gasteiger partial charge >= 0.3 is 5.97 Å². The summed E-state index contributed by atoms with van der Waals surface area (Å²) in [6.07, 6.45) is 0. The number of oxazole rings is 1. The van der Waals surface area contributed by atoms with Gasteiger partial charge in [-0.2, -0.15) is 0 Å². The number of carbonyl (C=O) groups is 2. The average molecular weight is 366 g/mol. The Kier molecular flexibility index (Phi) is 5.51. The number of hydrogen-bond donors (Lipinski definition) is 1. The summed E-state index contributed by atoms with van der Waals surface area (Å²) in [4.78, 5) is 28.4. The summed E-state index contributed by atoms with van der Waals surface area (Å²) < 4.78 is 15.7. The first kappa shape index (κ1) is 18.2. The van der Waals surface area contributed by atoms with Gasteiger partial charge < -0.3 is 19.2 Å². The van der Waals surface area contributed by atoms with Crippen molar-refractivity contribution in [3.05, 3.63) is 66.1 Å². The summed E-state index contributed by atoms with van der Waals surface area (Å²) in [5.74, 6) is 0.0599. The van der Waals surface area contributed by atoms with E-state index in [9.17, 15) is 9.59 Å². The van der Waals surface area contributed by atoms with Crippen molar-refractivity contribution < 1.29 is 23.5 Å². The third kappa shape index (κ3) is 4.52. The molecule has 0 bridgehead atoms. The molecule has 3 aromatic rings. The summed E-state index contributed by atoms with van der Waals surface area (Å²) in [5.41, 5.74) is 1.33. The molecule has 1 aromatic heterocycles. The maximum atomic E-state index is 12.2. The van der Waals surface area contributed by atoms with E-state index < -0.39 is 18.5 Å². The highest BCUT2D eigenvalue weighted by molar-refractivity contribution is 5.95. The van der Waals surface area contributed by atoms with E-state index >= 15 is 0 Å². The van der Waals surface area contributed by atoms with Crippen molar-refractivity contribution in [3.8, 4) is 17.2 Å². The molecule has 7 heteroatoms. The normalized spacial score (nSPS) is 10.3. The van der Waals surface area contributed by atoms with E-state index in [-0.39, 0.29) is 5.69 Å². The maximum Gasteiger partial charge on any atom is 0.361 e. The van der Waals surface area contributed by atoms with E-state index in [4.69, 9.17) is 13.9 Å². The van der Waals surface area contributed by atoms with Crippen molar-refractivity contribution in [2.75, 3.05) is 19.0 Å². The molecule has 7 nitrogen and oxygen atoms in total. The summed E-state index contributed by atoms with van der Waals surface area (Å²) in [7, 11) is 1.53. The van der Waals surface area contributed by atoms with Crippen LogP contribution in [0.5, 0.6) is 5.75 Å². The lowest BCUT2D eigenvalue weighted by Gasteiger charge is -2.07. The number of aromatic nitrogens is 1. The number of nitrogens with zero attached hydrogens (tertiary/aromatic N) is 1. The number of carbonyl (C=O) groups excluding carboxylic acids is 2. The zero-order valence-electron chi connectivity index (χ0n) is 14.9. The first-order valence-electron chi connectivity index (χ1n) is 8.20. The fourth-order valence-corrected chi connectivity index (χ4v) is 2.39. The second-order valence-electron chi connectivity index (χ2n) is 5.65. The number of methoxy groups -OCH3 is 1. The summed E-state index contributed by atoms with van der Waals surface area (Å²) in [5, 5.41) is 2.63. The Morgan fingerprint density at radius 3 is 2.63 bits per heavy atom. The van der Waals surface area contributed by atoms with Crippen LogP contribution in [0.3, 0.4) is 0 Å². The van der Waals surface area contributed by atoms with E-state index in [2.05, 4.69) is 10.3 Å². The minimum atomic E-state index is -0.723. The van der Waals surface area contributed by atoms with E-state index in [1.807, 2.05) is 30.3 Å². The predicted octanol–water partition coefficient (Wildman–Crippen LogP) is 3.45. The molecule has 0 saturated heterocycles. The first-order chi connectivity index (χ1) is 13.1. The highest BCUT2D eigenvalue weighted by Gasteiger charge is 2.20. The molecule has 2 aromatic carbocycles. The Morgan fingerprint density at radius 2 is 1.89 bits per heavy atom. The molecule has 0 saturated carbocycles. The lowest BCUT2D eigenvalue weighted by atomic mass is 10.2. The molecule has 1 N–H and O–H groups in total. The third-order valence-electron chi connectivity index (χ3n) is 3.70. The van der Waals surface area contributed by atoms with Gasteiger partial charge in [-0.15, -0.1) is 0 Å². The Morgan fingerprint density at radius 1 is 1.11 bits per heavy atom. The fraction of sp³-hybridized carbons (Fsp3) is 0.150. The third-order valence-corrected chi connectivity index (χ3v) is 3.70. The molecule has 0 unspecified atom stereocenters. The Balaban J connectivity index is 1.60. The van der Waals surface area contributed by atoms with Gasteiger partial charge in [0.25, 0.3) is 5.91 Å². The van der Waals surface area contributed by atoms with Crippen LogP contribution in [-0.4, -0.2) is 30.6 Å². The van der Waals surface area contributed by atoms with Crippen LogP contribution in [0.2, 0.25) is 0 Å². The second kappa shape index (κ2) is 8.18. The van der Waals surface area contributed by atoms with E-state index in [1.54, 1.807) is 31.2 Å². The molecule has 0 atom stereocenters. The molecule has 0 aliphatic carbocycles. The fourth-order valence-electron chi connectivity index (χ4n) is 2.39. The second-order valence-corrected chi connectivity index (χ2v) is 5.65. The largest absolute Gasteiger partial charge is 0.497 e. The van der Waals surface area contributed by atoms with Crippen molar-refractivity contribution in [2.24, 2.45) is 0 Å². The van der Waals surface area contributed by atoms with Gasteiger partial charge in [-0.3, -0.25) is 4.79 Å². The van der Waals surface area contributed by atoms with Crippen LogP contribution >= 0.6 is 0 Å². The first-order valence-corrected chi connectivity index (χ1v) is 8.20. The molecule has 27 heavy (non-hydrogen) atoms. The van der Waals surface area contributed by atoms with E-state index in [1.165, 1.54) is 7.11 Å². The minimum absolute atomic E-state index is 0.0445. The van der Waals surface area contributed by atoms with Gasteiger partial charge in [0.2, 0.25) is 5.89 Å². The van der Waals surface area contributed by atoms with Crippen LogP contribution in [-0.2, 0) is 9.53 Å². The smallest absolute Gasteiger partial charge is 0.361 e. The zero-order chi connectivity index (χ0) is 19.2. The lowest BCUT2D eigenvalue weighted by Crippen LogP contribution is -2.21. The van der Waals surface area contributed by atoms with Crippen molar-refractivity contribution in [2.45, 2.75) is 6.92 Å². The van der Waals surface area contributed by atoms with Crippen molar-refractivity contribution >= 4 is 17.6 Å². The molecule has 0 aliphatic rings. The van der Waals surface area contributed by atoms with Gasteiger partial charge in [0.05, 0.1) is 7.11 Å². The monoisotopic (exact) mass is 366 g/mol. The molecule has 0 aliphatic heterocycles. The van der Waals surface area contributed by atoms with Gasteiger partial charge in [-0.1, -0.05) is 24.3 Å². The highest BCUT2D eigenvalue weighted by atomic mass is 16.5. The van der Waals surface area contributed by atoms with Crippen LogP contribution in [0.15, 0.2) is 59.0 Å². The summed E-state index contributed by atoms with van der Waals surface area (Å²) in [6.45, 7) is 1.18. The molecule has 0 spiro atoms. The number of hydrogen-bond acceptors (Lipinski definition) is 6. The summed E-state index contributed by atoms with van der Waals surface area (Å²) >= 11 is 0. The number of aryl methyl sites for hydroxylation is 1. The average Bonchev–Trinajstić information content (AvgIpc) is 3.09. The predicted molar refractivity (Wildman–Crippen MR) is 98.6 cm³/mol. The Labute approximate surface area is 155 Å². The molecule has 138 valence electrons. The van der Waals surface area contributed by atoms with Gasteiger partial charge in [0.15, 0.2) is 12.3 Å². The van der Waals surface area contributed by atoms with Crippen LogP contribution in [0, 0.1) is 6.92 Å². The number of nitrogens with one attached hydrogen (secondary N) is 1. The minimum Gasteiger partial charge on any atom is -0.497 e. The van der Waals surface area contributed by atoms with Crippen molar-refractivity contribution in [1.82, 2.24) is 4.98 Å². The Hall–Kier alpha value is -3.61. The molecular formula is C20H18N2O5. The maximum absolute atomic E-state index is 12.2. The Bertz CT molecular complexity index is 950. The summed E-state index contributed by atoms with van der Waals surface area (Å²) in [6, 6.07) is 16.1. The number of benzene rings is 2.